The summed E-state index contributed by atoms with van der Waals surface area (Å²) in [6.07, 6.45) is 0. The van der Waals surface area contributed by atoms with E-state index < -0.39 is 0 Å². The maximum atomic E-state index is 9.45. The van der Waals surface area contributed by atoms with Gasteiger partial charge in [-0.15, -0.1) is 0 Å². The van der Waals surface area contributed by atoms with Crippen LogP contribution in [0.15, 0.2) is 48.5 Å². The number of halogens is 1. The molecule has 1 N–H and O–H groups in total. The molecule has 16 heavy (non-hydrogen) atoms. The minimum absolute atomic E-state index is 0.115. The molecule has 80 valence electrons. The van der Waals surface area contributed by atoms with Gasteiger partial charge >= 0.3 is 0 Å². The summed E-state index contributed by atoms with van der Waals surface area (Å²) < 4.78 is 0. The molecule has 0 heterocycles. The first kappa shape index (κ1) is 11.1. The van der Waals surface area contributed by atoms with E-state index >= 15 is 0 Å². The first-order valence-electron chi connectivity index (χ1n) is 4.77. The molecule has 0 spiro atoms. The van der Waals surface area contributed by atoms with Gasteiger partial charge in [0, 0.05) is 16.1 Å². The SMILES string of the molecule is OC(=S)c1ccccc1-c1ccccc1Cl. The van der Waals surface area contributed by atoms with Gasteiger partial charge in [0.05, 0.1) is 0 Å². The van der Waals surface area contributed by atoms with Crippen LogP contribution in [0.1, 0.15) is 5.56 Å². The molecule has 2 aromatic rings. The minimum Gasteiger partial charge on any atom is -0.499 e. The second-order valence-electron chi connectivity index (χ2n) is 3.33. The van der Waals surface area contributed by atoms with Gasteiger partial charge in [0.25, 0.3) is 0 Å². The highest BCUT2D eigenvalue weighted by Gasteiger charge is 2.09. The van der Waals surface area contributed by atoms with Gasteiger partial charge in [-0.2, -0.15) is 0 Å². The van der Waals surface area contributed by atoms with Crippen LogP contribution in [0.5, 0.6) is 0 Å². The second-order valence-corrected chi connectivity index (χ2v) is 4.12. The first-order valence-corrected chi connectivity index (χ1v) is 5.56. The normalized spacial score (nSPS) is 10.1. The van der Waals surface area contributed by atoms with Crippen LogP contribution in [0.2, 0.25) is 5.02 Å². The third-order valence-electron chi connectivity index (χ3n) is 2.32. The zero-order valence-corrected chi connectivity index (χ0v) is 9.92. The average Bonchev–Trinajstić information content (AvgIpc) is 2.29. The molecule has 0 saturated carbocycles. The van der Waals surface area contributed by atoms with Crippen molar-refractivity contribution in [3.8, 4) is 11.1 Å². The number of hydrogen-bond donors (Lipinski definition) is 1. The van der Waals surface area contributed by atoms with Crippen molar-refractivity contribution in [3.63, 3.8) is 0 Å². The van der Waals surface area contributed by atoms with E-state index in [2.05, 4.69) is 0 Å². The molecule has 1 nitrogen and oxygen atoms in total. The van der Waals surface area contributed by atoms with Gasteiger partial charge in [-0.25, -0.2) is 0 Å². The Balaban J connectivity index is 2.65. The Morgan fingerprint density at radius 3 is 2.12 bits per heavy atom. The molecule has 0 amide bonds. The largest absolute Gasteiger partial charge is 0.499 e. The molecule has 0 bridgehead atoms. The van der Waals surface area contributed by atoms with Crippen molar-refractivity contribution >= 4 is 28.9 Å². The zero-order valence-electron chi connectivity index (χ0n) is 8.35. The molecule has 0 atom stereocenters. The Labute approximate surface area is 104 Å². The van der Waals surface area contributed by atoms with Gasteiger partial charge in [0.2, 0.25) is 0 Å². The number of thiocarbonyl (C=S) groups is 1. The Morgan fingerprint density at radius 2 is 1.50 bits per heavy atom. The van der Waals surface area contributed by atoms with E-state index in [9.17, 15) is 5.11 Å². The van der Waals surface area contributed by atoms with Crippen molar-refractivity contribution in [2.75, 3.05) is 0 Å². The lowest BCUT2D eigenvalue weighted by Gasteiger charge is -2.08. The summed E-state index contributed by atoms with van der Waals surface area (Å²) in [6, 6.07) is 14.9. The van der Waals surface area contributed by atoms with Crippen LogP contribution in [0, 0.1) is 0 Å². The summed E-state index contributed by atoms with van der Waals surface area (Å²) >= 11 is 10.9. The van der Waals surface area contributed by atoms with E-state index in [4.69, 9.17) is 23.8 Å². The lowest BCUT2D eigenvalue weighted by molar-refractivity contribution is 0.571. The van der Waals surface area contributed by atoms with Crippen molar-refractivity contribution in [2.45, 2.75) is 0 Å². The molecule has 0 radical (unpaired) electrons. The third kappa shape index (κ3) is 2.08. The van der Waals surface area contributed by atoms with Gasteiger partial charge in [-0.1, -0.05) is 48.0 Å². The van der Waals surface area contributed by atoms with E-state index in [-0.39, 0.29) is 5.05 Å². The second kappa shape index (κ2) is 4.64. The van der Waals surface area contributed by atoms with Gasteiger partial charge in [-0.05, 0) is 29.9 Å². The van der Waals surface area contributed by atoms with Crippen molar-refractivity contribution in [3.05, 3.63) is 59.1 Å². The molecule has 0 aliphatic carbocycles. The lowest BCUT2D eigenvalue weighted by atomic mass is 10.0. The fourth-order valence-corrected chi connectivity index (χ4v) is 2.00. The van der Waals surface area contributed by atoms with Crippen LogP contribution < -0.4 is 0 Å². The summed E-state index contributed by atoms with van der Waals surface area (Å²) in [4.78, 5) is 0. The molecule has 2 aromatic carbocycles. The van der Waals surface area contributed by atoms with E-state index in [1.165, 1.54) is 0 Å². The maximum Gasteiger partial charge on any atom is 0.189 e. The number of aliphatic hydroxyl groups excluding tert-OH is 1. The van der Waals surface area contributed by atoms with Crippen molar-refractivity contribution in [2.24, 2.45) is 0 Å². The van der Waals surface area contributed by atoms with Gasteiger partial charge in [0.1, 0.15) is 0 Å². The predicted molar refractivity (Wildman–Crippen MR) is 71.2 cm³/mol. The van der Waals surface area contributed by atoms with Crippen LogP contribution >= 0.6 is 23.8 Å². The first-order chi connectivity index (χ1) is 7.70. The highest BCUT2D eigenvalue weighted by atomic mass is 35.5. The van der Waals surface area contributed by atoms with E-state index in [1.54, 1.807) is 6.07 Å². The smallest absolute Gasteiger partial charge is 0.189 e. The maximum absolute atomic E-state index is 9.45. The van der Waals surface area contributed by atoms with Crippen LogP contribution in [-0.4, -0.2) is 10.2 Å². The Hall–Kier alpha value is -1.38. The Morgan fingerprint density at radius 1 is 0.938 bits per heavy atom. The monoisotopic (exact) mass is 248 g/mol. The van der Waals surface area contributed by atoms with E-state index in [0.29, 0.717) is 10.6 Å². The summed E-state index contributed by atoms with van der Waals surface area (Å²) in [5.41, 5.74) is 2.35. The van der Waals surface area contributed by atoms with Crippen molar-refractivity contribution < 1.29 is 5.11 Å². The molecule has 0 aromatic heterocycles. The highest BCUT2D eigenvalue weighted by molar-refractivity contribution is 7.80. The topological polar surface area (TPSA) is 20.2 Å². The zero-order chi connectivity index (χ0) is 11.5. The summed E-state index contributed by atoms with van der Waals surface area (Å²) in [5.74, 6) is 0. The molecule has 0 fully saturated rings. The summed E-state index contributed by atoms with van der Waals surface area (Å²) in [7, 11) is 0. The van der Waals surface area contributed by atoms with Crippen LogP contribution in [-0.2, 0) is 0 Å². The standard InChI is InChI=1S/C13H9ClOS/c14-12-8-4-3-6-10(12)9-5-1-2-7-11(9)13(15)16/h1-8H,(H,15,16). The van der Waals surface area contributed by atoms with E-state index in [0.717, 1.165) is 11.1 Å². The lowest BCUT2D eigenvalue weighted by Crippen LogP contribution is -1.97. The molecule has 0 aliphatic rings. The molecule has 2 rings (SSSR count). The number of benzene rings is 2. The fourth-order valence-electron chi connectivity index (χ4n) is 1.58. The molecule has 0 unspecified atom stereocenters. The molecule has 3 heteroatoms. The summed E-state index contributed by atoms with van der Waals surface area (Å²) in [5, 5.41) is 9.97. The Kier molecular flexibility index (Phi) is 3.22. The molecular formula is C13H9ClOS. The third-order valence-corrected chi connectivity index (χ3v) is 2.87. The minimum atomic E-state index is -0.115. The molecule has 0 aliphatic heterocycles. The average molecular weight is 249 g/mol. The number of aliphatic hydroxyl groups is 1. The van der Waals surface area contributed by atoms with Gasteiger partial charge < -0.3 is 5.11 Å². The fraction of sp³-hybridized carbons (Fsp3) is 0. The molecular weight excluding hydrogens is 240 g/mol. The van der Waals surface area contributed by atoms with Gasteiger partial charge in [-0.3, -0.25) is 0 Å². The summed E-state index contributed by atoms with van der Waals surface area (Å²) in [6.45, 7) is 0. The Bertz CT molecular complexity index is 537. The van der Waals surface area contributed by atoms with Gasteiger partial charge in [0.15, 0.2) is 5.05 Å². The predicted octanol–water partition coefficient (Wildman–Crippen LogP) is 4.24. The van der Waals surface area contributed by atoms with Crippen LogP contribution in [0.4, 0.5) is 0 Å². The molecule has 0 saturated heterocycles. The quantitative estimate of drug-likeness (QED) is 0.803. The van der Waals surface area contributed by atoms with Crippen molar-refractivity contribution in [1.29, 1.82) is 0 Å². The van der Waals surface area contributed by atoms with E-state index in [1.807, 2.05) is 42.5 Å². The number of rotatable bonds is 2. The van der Waals surface area contributed by atoms with Crippen molar-refractivity contribution in [1.82, 2.24) is 0 Å². The van der Waals surface area contributed by atoms with Crippen LogP contribution in [0.25, 0.3) is 11.1 Å². The highest BCUT2D eigenvalue weighted by Crippen LogP contribution is 2.30. The number of hydrogen-bond acceptors (Lipinski definition) is 1. The van der Waals surface area contributed by atoms with Crippen LogP contribution in [0.3, 0.4) is 0 Å².